The van der Waals surface area contributed by atoms with E-state index in [1.165, 1.54) is 7.11 Å². The molecule has 1 aliphatic rings. The van der Waals surface area contributed by atoms with Gasteiger partial charge >= 0.3 is 6.09 Å². The fourth-order valence-corrected chi connectivity index (χ4v) is 2.03. The van der Waals surface area contributed by atoms with Crippen molar-refractivity contribution < 1.29 is 19.1 Å². The molecule has 0 unspecified atom stereocenters. The monoisotopic (exact) mass is 306 g/mol. The summed E-state index contributed by atoms with van der Waals surface area (Å²) in [6.07, 6.45) is 1.44. The van der Waals surface area contributed by atoms with Crippen LogP contribution >= 0.6 is 0 Å². The van der Waals surface area contributed by atoms with Gasteiger partial charge in [-0.1, -0.05) is 18.2 Å². The van der Waals surface area contributed by atoms with Crippen LogP contribution in [-0.4, -0.2) is 38.3 Å². The van der Waals surface area contributed by atoms with Gasteiger partial charge in [0.05, 0.1) is 13.7 Å². The van der Waals surface area contributed by atoms with Crippen molar-refractivity contribution in [2.45, 2.75) is 25.8 Å². The second kappa shape index (κ2) is 7.15. The topological polar surface area (TPSA) is 76.7 Å². The predicted molar refractivity (Wildman–Crippen MR) is 81.6 cm³/mol. The predicted octanol–water partition coefficient (Wildman–Crippen LogP) is 1.71. The van der Waals surface area contributed by atoms with Crippen molar-refractivity contribution in [3.63, 3.8) is 0 Å². The van der Waals surface area contributed by atoms with Crippen molar-refractivity contribution in [3.05, 3.63) is 30.3 Å². The van der Waals surface area contributed by atoms with Crippen LogP contribution in [-0.2, 0) is 9.53 Å². The summed E-state index contributed by atoms with van der Waals surface area (Å²) >= 11 is 0. The molecule has 1 atom stereocenters. The lowest BCUT2D eigenvalue weighted by Crippen LogP contribution is -2.46. The van der Waals surface area contributed by atoms with E-state index in [0.717, 1.165) is 18.6 Å². The van der Waals surface area contributed by atoms with Gasteiger partial charge in [-0.2, -0.15) is 0 Å². The van der Waals surface area contributed by atoms with Gasteiger partial charge in [0.1, 0.15) is 11.8 Å². The fraction of sp³-hybridized carbons (Fsp3) is 0.500. The average Bonchev–Trinajstić information content (AvgIpc) is 3.32. The van der Waals surface area contributed by atoms with Crippen molar-refractivity contribution in [2.75, 3.05) is 20.3 Å². The smallest absolute Gasteiger partial charge is 0.407 e. The molecular weight excluding hydrogens is 284 g/mol. The molecule has 120 valence electrons. The minimum absolute atomic E-state index is 0.0104. The number of para-hydroxylation sites is 1. The third-order valence-corrected chi connectivity index (χ3v) is 3.80. The van der Waals surface area contributed by atoms with E-state index in [0.29, 0.717) is 13.2 Å². The summed E-state index contributed by atoms with van der Waals surface area (Å²) in [5.74, 6) is 0.609. The van der Waals surface area contributed by atoms with E-state index < -0.39 is 12.1 Å². The minimum atomic E-state index is -0.627. The maximum absolute atomic E-state index is 11.9. The molecule has 6 heteroatoms. The number of hydrogen-bond acceptors (Lipinski definition) is 4. The molecule has 1 aliphatic carbocycles. The molecule has 1 aromatic carbocycles. The van der Waals surface area contributed by atoms with Gasteiger partial charge < -0.3 is 20.1 Å². The van der Waals surface area contributed by atoms with E-state index in [4.69, 9.17) is 4.74 Å². The summed E-state index contributed by atoms with van der Waals surface area (Å²) in [4.78, 5) is 23.0. The fourth-order valence-electron chi connectivity index (χ4n) is 2.03. The Morgan fingerprint density at radius 3 is 2.55 bits per heavy atom. The van der Waals surface area contributed by atoms with Crippen LogP contribution in [0.25, 0.3) is 0 Å². The lowest BCUT2D eigenvalue weighted by molar-refractivity contribution is -0.122. The number of carbonyl (C=O) groups excluding carboxylic acids is 2. The van der Waals surface area contributed by atoms with Crippen molar-refractivity contribution >= 4 is 12.0 Å². The Hall–Kier alpha value is -2.24. The van der Waals surface area contributed by atoms with E-state index in [9.17, 15) is 9.59 Å². The zero-order valence-corrected chi connectivity index (χ0v) is 12.9. The average molecular weight is 306 g/mol. The standard InChI is InChI=1S/C16H22N2O4/c1-12(18-15(20)21-2)14(19)17-10-16(8-9-16)11-22-13-6-4-3-5-7-13/h3-7,12H,8-11H2,1-2H3,(H,17,19)(H,18,20)/t12-/m0/s1. The highest BCUT2D eigenvalue weighted by atomic mass is 16.5. The molecule has 0 saturated heterocycles. The summed E-state index contributed by atoms with van der Waals surface area (Å²) in [6, 6.07) is 9.00. The molecule has 0 spiro atoms. The third-order valence-electron chi connectivity index (χ3n) is 3.80. The van der Waals surface area contributed by atoms with E-state index >= 15 is 0 Å². The van der Waals surface area contributed by atoms with Gasteiger partial charge in [0.2, 0.25) is 5.91 Å². The molecule has 2 rings (SSSR count). The van der Waals surface area contributed by atoms with Gasteiger partial charge in [0.15, 0.2) is 0 Å². The Morgan fingerprint density at radius 2 is 1.95 bits per heavy atom. The number of alkyl carbamates (subject to hydrolysis) is 1. The highest BCUT2D eigenvalue weighted by Gasteiger charge is 2.44. The van der Waals surface area contributed by atoms with Crippen LogP contribution in [0.15, 0.2) is 30.3 Å². The summed E-state index contributed by atoms with van der Waals surface area (Å²) in [7, 11) is 1.26. The maximum Gasteiger partial charge on any atom is 0.407 e. The molecule has 0 aromatic heterocycles. The molecule has 0 heterocycles. The van der Waals surface area contributed by atoms with Crippen LogP contribution in [0.5, 0.6) is 5.75 Å². The molecule has 6 nitrogen and oxygen atoms in total. The second-order valence-corrected chi connectivity index (χ2v) is 5.68. The zero-order valence-electron chi connectivity index (χ0n) is 12.9. The highest BCUT2D eigenvalue weighted by Crippen LogP contribution is 2.45. The first-order valence-corrected chi connectivity index (χ1v) is 7.35. The van der Waals surface area contributed by atoms with Gasteiger partial charge in [-0.15, -0.1) is 0 Å². The molecule has 2 amide bonds. The number of rotatable bonds is 7. The van der Waals surface area contributed by atoms with Crippen LogP contribution < -0.4 is 15.4 Å². The Balaban J connectivity index is 1.73. The molecule has 0 bridgehead atoms. The van der Waals surface area contributed by atoms with Crippen molar-refractivity contribution in [1.29, 1.82) is 0 Å². The first-order chi connectivity index (χ1) is 10.5. The lowest BCUT2D eigenvalue weighted by atomic mass is 10.1. The zero-order chi connectivity index (χ0) is 16.0. The van der Waals surface area contributed by atoms with Crippen LogP contribution in [0.2, 0.25) is 0 Å². The van der Waals surface area contributed by atoms with E-state index in [-0.39, 0.29) is 11.3 Å². The molecule has 2 N–H and O–H groups in total. The lowest BCUT2D eigenvalue weighted by Gasteiger charge is -2.19. The van der Waals surface area contributed by atoms with E-state index in [1.54, 1.807) is 6.92 Å². The molecule has 0 aliphatic heterocycles. The number of methoxy groups -OCH3 is 1. The van der Waals surface area contributed by atoms with Gasteiger partial charge in [-0.05, 0) is 31.9 Å². The molecular formula is C16H22N2O4. The van der Waals surface area contributed by atoms with Crippen LogP contribution in [0.4, 0.5) is 4.79 Å². The van der Waals surface area contributed by atoms with Crippen molar-refractivity contribution in [1.82, 2.24) is 10.6 Å². The molecule has 22 heavy (non-hydrogen) atoms. The number of nitrogens with one attached hydrogen (secondary N) is 2. The van der Waals surface area contributed by atoms with E-state index in [2.05, 4.69) is 15.4 Å². The maximum atomic E-state index is 11.9. The van der Waals surface area contributed by atoms with Gasteiger partial charge in [0, 0.05) is 12.0 Å². The number of hydrogen-bond donors (Lipinski definition) is 2. The third kappa shape index (κ3) is 4.65. The van der Waals surface area contributed by atoms with Gasteiger partial charge in [-0.3, -0.25) is 4.79 Å². The molecule has 1 aromatic rings. The Bertz CT molecular complexity index is 514. The van der Waals surface area contributed by atoms with Crippen molar-refractivity contribution in [2.24, 2.45) is 5.41 Å². The Kier molecular flexibility index (Phi) is 5.25. The first kappa shape index (κ1) is 16.1. The van der Waals surface area contributed by atoms with Gasteiger partial charge in [0.25, 0.3) is 0 Å². The SMILES string of the molecule is COC(=O)N[C@@H](C)C(=O)NCC1(COc2ccccc2)CC1. The van der Waals surface area contributed by atoms with Crippen molar-refractivity contribution in [3.8, 4) is 5.75 Å². The summed E-state index contributed by atoms with van der Waals surface area (Å²) < 4.78 is 10.2. The van der Waals surface area contributed by atoms with E-state index in [1.807, 2.05) is 30.3 Å². The molecule has 0 radical (unpaired) electrons. The number of amides is 2. The first-order valence-electron chi connectivity index (χ1n) is 7.35. The summed E-state index contributed by atoms with van der Waals surface area (Å²) in [5.41, 5.74) is 0.0104. The Morgan fingerprint density at radius 1 is 1.27 bits per heavy atom. The highest BCUT2D eigenvalue weighted by molar-refractivity contribution is 5.85. The molecule has 1 saturated carbocycles. The Labute approximate surface area is 130 Å². The summed E-state index contributed by atoms with van der Waals surface area (Å²) in [5, 5.41) is 5.30. The largest absolute Gasteiger partial charge is 0.493 e. The number of ether oxygens (including phenoxy) is 2. The molecule has 1 fully saturated rings. The quantitative estimate of drug-likeness (QED) is 0.804. The van der Waals surface area contributed by atoms with Gasteiger partial charge in [-0.25, -0.2) is 4.79 Å². The van der Waals surface area contributed by atoms with Crippen LogP contribution in [0.1, 0.15) is 19.8 Å². The van der Waals surface area contributed by atoms with Crippen LogP contribution in [0.3, 0.4) is 0 Å². The number of benzene rings is 1. The normalized spacial score (nSPS) is 16.3. The second-order valence-electron chi connectivity index (χ2n) is 5.68. The minimum Gasteiger partial charge on any atom is -0.493 e. The summed E-state index contributed by atoms with van der Waals surface area (Å²) in [6.45, 7) is 2.74. The number of carbonyl (C=O) groups is 2. The van der Waals surface area contributed by atoms with Crippen LogP contribution in [0, 0.1) is 5.41 Å².